The first kappa shape index (κ1) is 12.1. The molecule has 0 radical (unpaired) electrons. The Balaban J connectivity index is 1.93. The molecule has 3 heterocycles. The van der Waals surface area contributed by atoms with Crippen molar-refractivity contribution in [3.8, 4) is 10.6 Å². The van der Waals surface area contributed by atoms with E-state index in [2.05, 4.69) is 9.97 Å². The largest absolute Gasteiger partial charge is 0.480 e. The molecule has 0 bridgehead atoms. The molecule has 6 heteroatoms. The van der Waals surface area contributed by atoms with Gasteiger partial charge in [0.25, 0.3) is 0 Å². The topological polar surface area (TPSA) is 66.3 Å². The van der Waals surface area contributed by atoms with E-state index in [1.165, 1.54) is 0 Å². The number of rotatable bonds is 3. The number of carbonyl (C=O) groups is 1. The van der Waals surface area contributed by atoms with Crippen LogP contribution in [0.4, 0.5) is 5.82 Å². The third kappa shape index (κ3) is 2.31. The van der Waals surface area contributed by atoms with Crippen molar-refractivity contribution >= 4 is 23.1 Å². The molecule has 2 aromatic heterocycles. The summed E-state index contributed by atoms with van der Waals surface area (Å²) in [6, 6.07) is 3.47. The summed E-state index contributed by atoms with van der Waals surface area (Å²) in [5.41, 5.74) is 0.795. The van der Waals surface area contributed by atoms with E-state index in [-0.39, 0.29) is 0 Å². The molecule has 1 fully saturated rings. The molecule has 98 valence electrons. The van der Waals surface area contributed by atoms with Crippen LogP contribution in [0.5, 0.6) is 0 Å². The Labute approximate surface area is 114 Å². The highest BCUT2D eigenvalue weighted by atomic mass is 32.1. The Morgan fingerprint density at radius 1 is 1.47 bits per heavy atom. The van der Waals surface area contributed by atoms with E-state index in [0.29, 0.717) is 12.2 Å². The van der Waals surface area contributed by atoms with Gasteiger partial charge < -0.3 is 10.0 Å². The smallest absolute Gasteiger partial charge is 0.326 e. The van der Waals surface area contributed by atoms with Crippen molar-refractivity contribution in [2.45, 2.75) is 18.9 Å². The third-order valence-corrected chi connectivity index (χ3v) is 4.12. The minimum atomic E-state index is -0.791. The Bertz CT molecular complexity index is 585. The molecule has 0 amide bonds. The van der Waals surface area contributed by atoms with Crippen molar-refractivity contribution in [1.82, 2.24) is 9.97 Å². The van der Waals surface area contributed by atoms with Crippen molar-refractivity contribution in [3.63, 3.8) is 0 Å². The highest BCUT2D eigenvalue weighted by Crippen LogP contribution is 2.27. The molecule has 1 N–H and O–H groups in total. The molecule has 2 aromatic rings. The molecular weight excluding hydrogens is 262 g/mol. The van der Waals surface area contributed by atoms with Gasteiger partial charge in [-0.3, -0.25) is 4.98 Å². The van der Waals surface area contributed by atoms with Crippen LogP contribution in [-0.2, 0) is 4.79 Å². The lowest BCUT2D eigenvalue weighted by atomic mass is 10.2. The summed E-state index contributed by atoms with van der Waals surface area (Å²) in [6.45, 7) is 0.722. The zero-order chi connectivity index (χ0) is 13.2. The second kappa shape index (κ2) is 4.97. The lowest BCUT2D eigenvalue weighted by Gasteiger charge is -2.22. The van der Waals surface area contributed by atoms with Crippen LogP contribution in [0.3, 0.4) is 0 Å². The zero-order valence-corrected chi connectivity index (χ0v) is 11.0. The molecule has 1 aliphatic rings. The molecule has 3 rings (SSSR count). The Morgan fingerprint density at radius 2 is 2.37 bits per heavy atom. The first-order valence-corrected chi connectivity index (χ1v) is 6.99. The Morgan fingerprint density at radius 3 is 3.11 bits per heavy atom. The van der Waals surface area contributed by atoms with Gasteiger partial charge in [-0.2, -0.15) is 0 Å². The number of aliphatic carboxylic acids is 1. The van der Waals surface area contributed by atoms with Gasteiger partial charge in [0, 0.05) is 6.54 Å². The maximum absolute atomic E-state index is 11.2. The van der Waals surface area contributed by atoms with Gasteiger partial charge in [0.15, 0.2) is 0 Å². The fraction of sp³-hybridized carbons (Fsp3) is 0.308. The van der Waals surface area contributed by atoms with Crippen LogP contribution in [0.15, 0.2) is 29.9 Å². The number of hydrogen-bond donors (Lipinski definition) is 1. The van der Waals surface area contributed by atoms with E-state index in [4.69, 9.17) is 0 Å². The van der Waals surface area contributed by atoms with Crippen LogP contribution >= 0.6 is 11.3 Å². The molecule has 0 aromatic carbocycles. The van der Waals surface area contributed by atoms with Gasteiger partial charge in [-0.05, 0) is 24.3 Å². The molecule has 0 aliphatic carbocycles. The van der Waals surface area contributed by atoms with Gasteiger partial charge >= 0.3 is 5.97 Å². The minimum absolute atomic E-state index is 0.479. The summed E-state index contributed by atoms with van der Waals surface area (Å²) in [7, 11) is 0. The number of hydrogen-bond acceptors (Lipinski definition) is 5. The molecule has 0 spiro atoms. The van der Waals surface area contributed by atoms with E-state index in [0.717, 1.165) is 23.5 Å². The lowest BCUT2D eigenvalue weighted by molar-refractivity contribution is -0.138. The first-order chi connectivity index (χ1) is 9.25. The van der Waals surface area contributed by atoms with Crippen LogP contribution in [0.25, 0.3) is 10.6 Å². The predicted octanol–water partition coefficient (Wildman–Crippen LogP) is 2.26. The van der Waals surface area contributed by atoms with Crippen molar-refractivity contribution in [2.75, 3.05) is 11.4 Å². The Hall–Kier alpha value is -1.95. The molecule has 1 aliphatic heterocycles. The summed E-state index contributed by atoms with van der Waals surface area (Å²) >= 11 is 1.60. The number of carboxylic acid groups (broad SMARTS) is 1. The van der Waals surface area contributed by atoms with Crippen LogP contribution < -0.4 is 4.90 Å². The number of thiophene rings is 1. The highest BCUT2D eigenvalue weighted by molar-refractivity contribution is 7.13. The number of anilines is 1. The van der Waals surface area contributed by atoms with Gasteiger partial charge in [0.1, 0.15) is 17.6 Å². The van der Waals surface area contributed by atoms with Gasteiger partial charge in [-0.1, -0.05) is 6.07 Å². The van der Waals surface area contributed by atoms with Gasteiger partial charge in [0.05, 0.1) is 17.3 Å². The van der Waals surface area contributed by atoms with Gasteiger partial charge in [-0.25, -0.2) is 9.78 Å². The predicted molar refractivity (Wildman–Crippen MR) is 73.3 cm³/mol. The normalized spacial score (nSPS) is 18.7. The number of aromatic nitrogens is 2. The molecule has 5 nitrogen and oxygen atoms in total. The fourth-order valence-electron chi connectivity index (χ4n) is 2.33. The third-order valence-electron chi connectivity index (χ3n) is 3.23. The average Bonchev–Trinajstić information content (AvgIpc) is 3.10. The van der Waals surface area contributed by atoms with Crippen LogP contribution in [0, 0.1) is 0 Å². The summed E-state index contributed by atoms with van der Waals surface area (Å²) in [4.78, 5) is 22.8. The van der Waals surface area contributed by atoms with E-state index in [9.17, 15) is 9.90 Å². The molecule has 1 unspecified atom stereocenters. The van der Waals surface area contributed by atoms with E-state index >= 15 is 0 Å². The van der Waals surface area contributed by atoms with Crippen molar-refractivity contribution in [3.05, 3.63) is 29.9 Å². The molecule has 0 saturated carbocycles. The van der Waals surface area contributed by atoms with Gasteiger partial charge in [-0.15, -0.1) is 11.3 Å². The SMILES string of the molecule is O=C(O)C1CCCN1c1cncc(-c2cccs2)n1. The molecular formula is C13H13N3O2S. The van der Waals surface area contributed by atoms with Crippen molar-refractivity contribution < 1.29 is 9.90 Å². The van der Waals surface area contributed by atoms with E-state index in [1.54, 1.807) is 23.7 Å². The summed E-state index contributed by atoms with van der Waals surface area (Å²) in [5, 5.41) is 11.2. The molecule has 1 saturated heterocycles. The highest BCUT2D eigenvalue weighted by Gasteiger charge is 2.31. The lowest BCUT2D eigenvalue weighted by Crippen LogP contribution is -2.36. The maximum Gasteiger partial charge on any atom is 0.326 e. The summed E-state index contributed by atoms with van der Waals surface area (Å²) in [6.07, 6.45) is 4.89. The summed E-state index contributed by atoms with van der Waals surface area (Å²) < 4.78 is 0. The van der Waals surface area contributed by atoms with Crippen molar-refractivity contribution in [2.24, 2.45) is 0 Å². The molecule has 19 heavy (non-hydrogen) atoms. The quantitative estimate of drug-likeness (QED) is 0.930. The first-order valence-electron chi connectivity index (χ1n) is 6.11. The average molecular weight is 275 g/mol. The number of nitrogens with zero attached hydrogens (tertiary/aromatic N) is 3. The van der Waals surface area contributed by atoms with E-state index < -0.39 is 12.0 Å². The van der Waals surface area contributed by atoms with Crippen LogP contribution in [-0.4, -0.2) is 33.6 Å². The van der Waals surface area contributed by atoms with E-state index in [1.807, 2.05) is 22.4 Å². The van der Waals surface area contributed by atoms with Gasteiger partial charge in [0.2, 0.25) is 0 Å². The fourth-order valence-corrected chi connectivity index (χ4v) is 3.01. The monoisotopic (exact) mass is 275 g/mol. The Kier molecular flexibility index (Phi) is 3.16. The molecule has 1 atom stereocenters. The van der Waals surface area contributed by atoms with Crippen LogP contribution in [0.2, 0.25) is 0 Å². The minimum Gasteiger partial charge on any atom is -0.480 e. The second-order valence-corrected chi connectivity index (χ2v) is 5.38. The summed E-state index contributed by atoms with van der Waals surface area (Å²) in [5.74, 6) is -0.142. The zero-order valence-electron chi connectivity index (χ0n) is 10.2. The standard InChI is InChI=1S/C13H13N3O2S/c17-13(18)10-3-1-5-16(10)12-8-14-7-9(15-12)11-4-2-6-19-11/h2,4,6-8,10H,1,3,5H2,(H,17,18). The second-order valence-electron chi connectivity index (χ2n) is 4.43. The maximum atomic E-state index is 11.2. The van der Waals surface area contributed by atoms with Crippen molar-refractivity contribution in [1.29, 1.82) is 0 Å². The van der Waals surface area contributed by atoms with Crippen LogP contribution in [0.1, 0.15) is 12.8 Å². The number of carboxylic acids is 1.